The third-order valence-corrected chi connectivity index (χ3v) is 2.48. The number of benzene rings is 1. The fourth-order valence-electron chi connectivity index (χ4n) is 1.71. The van der Waals surface area contributed by atoms with Crippen LogP contribution in [0.25, 0.3) is 0 Å². The third-order valence-electron chi connectivity index (χ3n) is 2.48. The quantitative estimate of drug-likeness (QED) is 0.571. The van der Waals surface area contributed by atoms with E-state index in [1.807, 2.05) is 24.3 Å². The van der Waals surface area contributed by atoms with Crippen LogP contribution in [-0.4, -0.2) is 32.1 Å². The number of carbonyl (C=O) groups is 2. The lowest BCUT2D eigenvalue weighted by molar-refractivity contribution is -0.160. The Bertz CT molecular complexity index is 411. The Hall–Kier alpha value is -1.88. The highest BCUT2D eigenvalue weighted by Crippen LogP contribution is 2.17. The number of nitrogens with zero attached hydrogens (tertiary/aromatic N) is 1. The molecule has 0 saturated carbocycles. The average Bonchev–Trinajstić information content (AvgIpc) is 2.29. The molecule has 17 heavy (non-hydrogen) atoms. The second-order valence-electron chi connectivity index (χ2n) is 3.80. The Morgan fingerprint density at radius 2 is 1.76 bits per heavy atom. The molecule has 0 N–H and O–H groups in total. The minimum absolute atomic E-state index is 0.107. The standard InChI is InChI=1S/C12H13NO4/c1-16-8-9-2-4-10(5-3-9)13-6-11(14)17-12(15)7-13/h2-5H,6-8H2,1H3. The molecule has 1 saturated heterocycles. The number of anilines is 1. The Morgan fingerprint density at radius 1 is 1.18 bits per heavy atom. The zero-order valence-corrected chi connectivity index (χ0v) is 9.51. The maximum absolute atomic E-state index is 11.1. The van der Waals surface area contributed by atoms with Crippen LogP contribution >= 0.6 is 0 Å². The molecular weight excluding hydrogens is 222 g/mol. The molecule has 1 heterocycles. The van der Waals surface area contributed by atoms with Gasteiger partial charge in [-0.15, -0.1) is 0 Å². The molecule has 0 aromatic heterocycles. The van der Waals surface area contributed by atoms with Gasteiger partial charge in [0.2, 0.25) is 0 Å². The minimum Gasteiger partial charge on any atom is -0.390 e. The number of esters is 2. The van der Waals surface area contributed by atoms with Gasteiger partial charge < -0.3 is 14.4 Å². The lowest BCUT2D eigenvalue weighted by atomic mass is 10.2. The van der Waals surface area contributed by atoms with E-state index in [1.54, 1.807) is 12.0 Å². The van der Waals surface area contributed by atoms with Crippen LogP contribution in [0.3, 0.4) is 0 Å². The van der Waals surface area contributed by atoms with Gasteiger partial charge in [0.1, 0.15) is 13.1 Å². The number of carbonyl (C=O) groups excluding carboxylic acids is 2. The first kappa shape index (κ1) is 11.6. The highest BCUT2D eigenvalue weighted by molar-refractivity contribution is 5.94. The predicted octanol–water partition coefficient (Wildman–Crippen LogP) is 0.723. The SMILES string of the molecule is COCc1ccc(N2CC(=O)OC(=O)C2)cc1. The summed E-state index contributed by atoms with van der Waals surface area (Å²) in [5.74, 6) is -1.02. The van der Waals surface area contributed by atoms with Gasteiger partial charge in [-0.25, -0.2) is 9.59 Å². The summed E-state index contributed by atoms with van der Waals surface area (Å²) in [5, 5.41) is 0. The number of methoxy groups -OCH3 is 1. The van der Waals surface area contributed by atoms with Crippen molar-refractivity contribution in [1.29, 1.82) is 0 Å². The van der Waals surface area contributed by atoms with Gasteiger partial charge in [-0.1, -0.05) is 12.1 Å². The summed E-state index contributed by atoms with van der Waals surface area (Å²) in [5.41, 5.74) is 1.87. The molecule has 0 atom stereocenters. The number of rotatable bonds is 3. The van der Waals surface area contributed by atoms with E-state index in [0.29, 0.717) is 6.61 Å². The van der Waals surface area contributed by atoms with Gasteiger partial charge in [-0.3, -0.25) is 0 Å². The monoisotopic (exact) mass is 235 g/mol. The lowest BCUT2D eigenvalue weighted by Crippen LogP contribution is -2.42. The van der Waals surface area contributed by atoms with Gasteiger partial charge >= 0.3 is 11.9 Å². The van der Waals surface area contributed by atoms with Gasteiger partial charge in [0.15, 0.2) is 0 Å². The zero-order chi connectivity index (χ0) is 12.3. The predicted molar refractivity (Wildman–Crippen MR) is 60.5 cm³/mol. The molecule has 1 aliphatic heterocycles. The molecule has 1 aliphatic rings. The summed E-state index contributed by atoms with van der Waals surface area (Å²) >= 11 is 0. The van der Waals surface area contributed by atoms with Gasteiger partial charge in [-0.05, 0) is 17.7 Å². The van der Waals surface area contributed by atoms with Crippen LogP contribution in [0.5, 0.6) is 0 Å². The third kappa shape index (κ3) is 2.82. The van der Waals surface area contributed by atoms with Crippen molar-refractivity contribution in [2.24, 2.45) is 0 Å². The molecule has 5 nitrogen and oxygen atoms in total. The van der Waals surface area contributed by atoms with Crippen molar-refractivity contribution in [3.63, 3.8) is 0 Å². The normalized spacial score (nSPS) is 15.9. The number of ether oxygens (including phenoxy) is 2. The lowest BCUT2D eigenvalue weighted by Gasteiger charge is -2.26. The molecule has 0 radical (unpaired) electrons. The summed E-state index contributed by atoms with van der Waals surface area (Å²) in [6, 6.07) is 7.53. The summed E-state index contributed by atoms with van der Waals surface area (Å²) in [6.07, 6.45) is 0. The molecule has 5 heteroatoms. The van der Waals surface area contributed by atoms with Crippen LogP contribution in [-0.2, 0) is 25.7 Å². The van der Waals surface area contributed by atoms with Gasteiger partial charge in [-0.2, -0.15) is 0 Å². The molecule has 1 aromatic rings. The molecular formula is C12H13NO4. The molecule has 0 unspecified atom stereocenters. The number of cyclic esters (lactones) is 2. The first-order valence-corrected chi connectivity index (χ1v) is 5.25. The van der Waals surface area contributed by atoms with E-state index < -0.39 is 11.9 Å². The largest absolute Gasteiger partial charge is 0.390 e. The first-order chi connectivity index (χ1) is 8.19. The van der Waals surface area contributed by atoms with E-state index in [0.717, 1.165) is 11.3 Å². The summed E-state index contributed by atoms with van der Waals surface area (Å²) in [6.45, 7) is 0.756. The Balaban J connectivity index is 2.11. The second-order valence-corrected chi connectivity index (χ2v) is 3.80. The van der Waals surface area contributed by atoms with E-state index in [1.165, 1.54) is 0 Å². The maximum Gasteiger partial charge on any atom is 0.333 e. The van der Waals surface area contributed by atoms with Gasteiger partial charge in [0.25, 0.3) is 0 Å². The van der Waals surface area contributed by atoms with Crippen LogP contribution in [0.2, 0.25) is 0 Å². The smallest absolute Gasteiger partial charge is 0.333 e. The molecule has 2 rings (SSSR count). The van der Waals surface area contributed by atoms with E-state index in [4.69, 9.17) is 4.74 Å². The van der Waals surface area contributed by atoms with E-state index in [2.05, 4.69) is 4.74 Å². The van der Waals surface area contributed by atoms with E-state index >= 15 is 0 Å². The van der Waals surface area contributed by atoms with Crippen LogP contribution < -0.4 is 4.90 Å². The maximum atomic E-state index is 11.1. The molecule has 1 aromatic carbocycles. The highest BCUT2D eigenvalue weighted by atomic mass is 16.6. The van der Waals surface area contributed by atoms with Crippen molar-refractivity contribution in [2.45, 2.75) is 6.61 Å². The average molecular weight is 235 g/mol. The highest BCUT2D eigenvalue weighted by Gasteiger charge is 2.24. The fourth-order valence-corrected chi connectivity index (χ4v) is 1.71. The summed E-state index contributed by atoms with van der Waals surface area (Å²) < 4.78 is 9.47. The van der Waals surface area contributed by atoms with Gasteiger partial charge in [0, 0.05) is 12.8 Å². The van der Waals surface area contributed by atoms with Crippen molar-refractivity contribution in [2.75, 3.05) is 25.1 Å². The molecule has 90 valence electrons. The molecule has 1 fully saturated rings. The fraction of sp³-hybridized carbons (Fsp3) is 0.333. The second kappa shape index (κ2) is 4.97. The van der Waals surface area contributed by atoms with E-state index in [9.17, 15) is 9.59 Å². The molecule has 0 aliphatic carbocycles. The Morgan fingerprint density at radius 3 is 2.29 bits per heavy atom. The summed E-state index contributed by atoms with van der Waals surface area (Å²) in [7, 11) is 1.63. The number of hydrogen-bond acceptors (Lipinski definition) is 5. The van der Waals surface area contributed by atoms with E-state index in [-0.39, 0.29) is 13.1 Å². The molecule has 0 amide bonds. The molecule has 0 spiro atoms. The van der Waals surface area contributed by atoms with Crippen LogP contribution in [0.1, 0.15) is 5.56 Å². The number of morpholine rings is 1. The summed E-state index contributed by atoms with van der Waals surface area (Å²) in [4.78, 5) is 23.9. The van der Waals surface area contributed by atoms with Crippen molar-refractivity contribution < 1.29 is 19.1 Å². The number of hydrogen-bond donors (Lipinski definition) is 0. The first-order valence-electron chi connectivity index (χ1n) is 5.25. The zero-order valence-electron chi connectivity index (χ0n) is 9.51. The Labute approximate surface area is 98.9 Å². The van der Waals surface area contributed by atoms with Crippen LogP contribution in [0.15, 0.2) is 24.3 Å². The van der Waals surface area contributed by atoms with Crippen LogP contribution in [0.4, 0.5) is 5.69 Å². The van der Waals surface area contributed by atoms with Crippen molar-refractivity contribution in [3.8, 4) is 0 Å². The van der Waals surface area contributed by atoms with Gasteiger partial charge in [0.05, 0.1) is 6.61 Å². The topological polar surface area (TPSA) is 55.8 Å². The Kier molecular flexibility index (Phi) is 3.39. The molecule has 0 bridgehead atoms. The van der Waals surface area contributed by atoms with Crippen molar-refractivity contribution in [3.05, 3.63) is 29.8 Å². The van der Waals surface area contributed by atoms with Crippen molar-refractivity contribution >= 4 is 17.6 Å². The minimum atomic E-state index is -0.512. The van der Waals surface area contributed by atoms with Crippen LogP contribution in [0, 0.1) is 0 Å². The van der Waals surface area contributed by atoms with Crippen molar-refractivity contribution in [1.82, 2.24) is 0 Å².